The van der Waals surface area contributed by atoms with Crippen LogP contribution in [-0.2, 0) is 16.1 Å². The third kappa shape index (κ3) is 3.92. The second-order valence-electron chi connectivity index (χ2n) is 6.85. The molecule has 7 nitrogen and oxygen atoms in total. The highest BCUT2D eigenvalue weighted by Gasteiger charge is 2.28. The van der Waals surface area contributed by atoms with E-state index in [0.29, 0.717) is 23.7 Å². The van der Waals surface area contributed by atoms with Crippen molar-refractivity contribution in [2.45, 2.75) is 13.5 Å². The van der Waals surface area contributed by atoms with Crippen molar-refractivity contribution in [3.05, 3.63) is 70.4 Å². The predicted molar refractivity (Wildman–Crippen MR) is 113 cm³/mol. The van der Waals surface area contributed by atoms with E-state index in [-0.39, 0.29) is 5.57 Å². The fourth-order valence-electron chi connectivity index (χ4n) is 3.37. The van der Waals surface area contributed by atoms with E-state index in [1.54, 1.807) is 6.07 Å². The number of ether oxygens (including phenoxy) is 1. The number of benzene rings is 2. The van der Waals surface area contributed by atoms with Gasteiger partial charge in [-0.2, -0.15) is 0 Å². The largest absolute Gasteiger partial charge is 0.491 e. The molecule has 0 radical (unpaired) electrons. The minimum absolute atomic E-state index is 0.120. The molecule has 2 N–H and O–H groups in total. The van der Waals surface area contributed by atoms with Crippen molar-refractivity contribution in [2.24, 2.45) is 0 Å². The molecule has 30 heavy (non-hydrogen) atoms. The van der Waals surface area contributed by atoms with Crippen molar-refractivity contribution in [2.75, 3.05) is 6.61 Å². The first-order chi connectivity index (χ1) is 14.4. The number of nitrogens with zero attached hydrogens (tertiary/aromatic N) is 1. The molecule has 3 aromatic rings. The number of aryl methyl sites for hydroxylation is 1. The Morgan fingerprint density at radius 2 is 1.80 bits per heavy atom. The number of urea groups is 1. The summed E-state index contributed by atoms with van der Waals surface area (Å²) >= 11 is 5.98. The number of hydrogen-bond donors (Lipinski definition) is 2. The molecule has 0 bridgehead atoms. The van der Waals surface area contributed by atoms with E-state index in [1.807, 2.05) is 54.1 Å². The Labute approximate surface area is 177 Å². The van der Waals surface area contributed by atoms with Crippen LogP contribution in [0.15, 0.2) is 54.2 Å². The highest BCUT2D eigenvalue weighted by atomic mass is 35.5. The average Bonchev–Trinajstić information content (AvgIpc) is 3.04. The van der Waals surface area contributed by atoms with Crippen LogP contribution in [0.4, 0.5) is 4.79 Å². The molecule has 0 aliphatic carbocycles. The first kappa shape index (κ1) is 19.7. The van der Waals surface area contributed by atoms with Gasteiger partial charge in [-0.15, -0.1) is 0 Å². The second kappa shape index (κ2) is 8.04. The Kier molecular flexibility index (Phi) is 5.29. The molecule has 4 rings (SSSR count). The maximum absolute atomic E-state index is 12.0. The number of carbonyl (C=O) groups excluding carboxylic acids is 3. The van der Waals surface area contributed by atoms with Crippen LogP contribution < -0.4 is 15.4 Å². The van der Waals surface area contributed by atoms with Gasteiger partial charge in [0, 0.05) is 27.7 Å². The summed E-state index contributed by atoms with van der Waals surface area (Å²) in [6, 6.07) is 12.3. The zero-order chi connectivity index (χ0) is 21.3. The van der Waals surface area contributed by atoms with E-state index in [2.05, 4.69) is 10.6 Å². The first-order valence-electron chi connectivity index (χ1n) is 9.27. The van der Waals surface area contributed by atoms with Crippen molar-refractivity contribution < 1.29 is 19.1 Å². The Morgan fingerprint density at radius 1 is 1.07 bits per heavy atom. The summed E-state index contributed by atoms with van der Waals surface area (Å²) in [5, 5.41) is 5.70. The normalized spacial score (nSPS) is 13.9. The second-order valence-corrected chi connectivity index (χ2v) is 7.29. The first-order valence-corrected chi connectivity index (χ1v) is 9.65. The fourth-order valence-corrected chi connectivity index (χ4v) is 3.59. The van der Waals surface area contributed by atoms with Crippen LogP contribution in [0, 0.1) is 6.92 Å². The Morgan fingerprint density at radius 3 is 2.53 bits per heavy atom. The minimum Gasteiger partial charge on any atom is -0.491 e. The number of halogens is 1. The van der Waals surface area contributed by atoms with Gasteiger partial charge in [-0.3, -0.25) is 20.2 Å². The lowest BCUT2D eigenvalue weighted by Crippen LogP contribution is -2.51. The summed E-state index contributed by atoms with van der Waals surface area (Å²) in [5.74, 6) is -0.678. The fraction of sp³-hybridized carbons (Fsp3) is 0.136. The Balaban J connectivity index is 1.59. The van der Waals surface area contributed by atoms with Gasteiger partial charge in [0.25, 0.3) is 11.8 Å². The number of barbiturate groups is 1. The van der Waals surface area contributed by atoms with E-state index in [0.717, 1.165) is 22.2 Å². The standard InChI is InChI=1S/C22H18ClN3O4/c1-13-10-15(23)6-7-19(13)30-9-8-26-12-14(16-4-2-3-5-18(16)26)11-17-20(27)24-22(29)25-21(17)28/h2-7,10-12H,8-9H2,1H3,(H2,24,25,27,28,29). The van der Waals surface area contributed by atoms with Crippen LogP contribution in [0.1, 0.15) is 11.1 Å². The topological polar surface area (TPSA) is 89.4 Å². The summed E-state index contributed by atoms with van der Waals surface area (Å²) in [5.41, 5.74) is 2.47. The van der Waals surface area contributed by atoms with Crippen LogP contribution in [-0.4, -0.2) is 29.0 Å². The van der Waals surface area contributed by atoms with Crippen LogP contribution >= 0.6 is 11.6 Å². The Bertz CT molecular complexity index is 1190. The van der Waals surface area contributed by atoms with Gasteiger partial charge in [0.1, 0.15) is 17.9 Å². The van der Waals surface area contributed by atoms with E-state index in [1.165, 1.54) is 6.08 Å². The maximum atomic E-state index is 12.0. The van der Waals surface area contributed by atoms with E-state index in [4.69, 9.17) is 16.3 Å². The van der Waals surface area contributed by atoms with Gasteiger partial charge in [-0.1, -0.05) is 29.8 Å². The van der Waals surface area contributed by atoms with Gasteiger partial charge in [0.2, 0.25) is 0 Å². The lowest BCUT2D eigenvalue weighted by molar-refractivity contribution is -0.123. The molecule has 2 heterocycles. The molecular formula is C22H18ClN3O4. The highest BCUT2D eigenvalue weighted by molar-refractivity contribution is 6.31. The molecule has 152 valence electrons. The lowest BCUT2D eigenvalue weighted by Gasteiger charge is -2.13. The molecule has 0 spiro atoms. The lowest BCUT2D eigenvalue weighted by atomic mass is 10.1. The predicted octanol–water partition coefficient (Wildman–Crippen LogP) is 3.43. The number of amides is 4. The monoisotopic (exact) mass is 423 g/mol. The van der Waals surface area contributed by atoms with E-state index < -0.39 is 17.8 Å². The quantitative estimate of drug-likeness (QED) is 0.486. The zero-order valence-corrected chi connectivity index (χ0v) is 16.8. The third-order valence-corrected chi connectivity index (χ3v) is 5.02. The number of imide groups is 2. The van der Waals surface area contributed by atoms with Gasteiger partial charge in [-0.05, 0) is 42.8 Å². The number of carbonyl (C=O) groups is 3. The number of hydrogen-bond acceptors (Lipinski definition) is 4. The summed E-state index contributed by atoms with van der Waals surface area (Å²) < 4.78 is 7.89. The molecular weight excluding hydrogens is 406 g/mol. The van der Waals surface area contributed by atoms with Gasteiger partial charge < -0.3 is 9.30 Å². The van der Waals surface area contributed by atoms with Crippen LogP contribution in [0.2, 0.25) is 5.02 Å². The maximum Gasteiger partial charge on any atom is 0.328 e. The molecule has 8 heteroatoms. The third-order valence-electron chi connectivity index (χ3n) is 4.79. The van der Waals surface area contributed by atoms with Crippen molar-refractivity contribution in [1.82, 2.24) is 15.2 Å². The molecule has 1 fully saturated rings. The number of aromatic nitrogens is 1. The molecule has 0 saturated carbocycles. The molecule has 1 aromatic heterocycles. The van der Waals surface area contributed by atoms with E-state index >= 15 is 0 Å². The molecule has 1 aliphatic rings. The highest BCUT2D eigenvalue weighted by Crippen LogP contribution is 2.25. The molecule has 4 amide bonds. The average molecular weight is 424 g/mol. The summed E-state index contributed by atoms with van der Waals surface area (Å²) in [6.07, 6.45) is 3.34. The van der Waals surface area contributed by atoms with E-state index in [9.17, 15) is 14.4 Å². The van der Waals surface area contributed by atoms with Gasteiger partial charge >= 0.3 is 6.03 Å². The SMILES string of the molecule is Cc1cc(Cl)ccc1OCCn1cc(C=C2C(=O)NC(=O)NC2=O)c2ccccc21. The molecule has 1 aliphatic heterocycles. The van der Waals surface area contributed by atoms with Gasteiger partial charge in [0.15, 0.2) is 0 Å². The van der Waals surface area contributed by atoms with Crippen molar-refractivity contribution >= 4 is 46.4 Å². The Hall–Kier alpha value is -3.58. The zero-order valence-electron chi connectivity index (χ0n) is 16.1. The van der Waals surface area contributed by atoms with Crippen LogP contribution in [0.3, 0.4) is 0 Å². The number of fused-ring (bicyclic) bond motifs is 1. The van der Waals surface area contributed by atoms with Crippen LogP contribution in [0.5, 0.6) is 5.75 Å². The number of rotatable bonds is 5. The molecule has 0 atom stereocenters. The molecule has 2 aromatic carbocycles. The van der Waals surface area contributed by atoms with Gasteiger partial charge in [-0.25, -0.2) is 4.79 Å². The van der Waals surface area contributed by atoms with Crippen molar-refractivity contribution in [3.63, 3.8) is 0 Å². The minimum atomic E-state index is -0.820. The van der Waals surface area contributed by atoms with Crippen molar-refractivity contribution in [1.29, 1.82) is 0 Å². The van der Waals surface area contributed by atoms with Gasteiger partial charge in [0.05, 0.1) is 6.54 Å². The smallest absolute Gasteiger partial charge is 0.328 e. The van der Waals surface area contributed by atoms with Crippen molar-refractivity contribution in [3.8, 4) is 5.75 Å². The summed E-state index contributed by atoms with van der Waals surface area (Å²) in [6.45, 7) is 2.91. The summed E-state index contributed by atoms with van der Waals surface area (Å²) in [7, 11) is 0. The summed E-state index contributed by atoms with van der Waals surface area (Å²) in [4.78, 5) is 35.4. The van der Waals surface area contributed by atoms with Crippen LogP contribution in [0.25, 0.3) is 17.0 Å². The number of para-hydroxylation sites is 1. The molecule has 1 saturated heterocycles. The number of nitrogens with one attached hydrogen (secondary N) is 2. The molecule has 0 unspecified atom stereocenters.